The SMILES string of the molecule is [2H]/C(=c1/[nH]c(=O)/c(=C/c2ccccc2)[nH]c1=O)n1cncc1C(C)(C)C. The van der Waals surface area contributed by atoms with Crippen molar-refractivity contribution in [1.29, 1.82) is 0 Å². The Morgan fingerprint density at radius 2 is 1.72 bits per heavy atom. The van der Waals surface area contributed by atoms with Crippen LogP contribution in [0.25, 0.3) is 12.3 Å². The molecule has 25 heavy (non-hydrogen) atoms. The summed E-state index contributed by atoms with van der Waals surface area (Å²) in [6.07, 6.45) is 4.58. The average molecular weight is 337 g/mol. The molecule has 3 aromatic rings. The summed E-state index contributed by atoms with van der Waals surface area (Å²) in [6, 6.07) is 9.21. The van der Waals surface area contributed by atoms with Gasteiger partial charge in [0.1, 0.15) is 10.7 Å². The summed E-state index contributed by atoms with van der Waals surface area (Å²) in [7, 11) is 0. The number of rotatable bonds is 2. The minimum Gasteiger partial charge on any atom is -0.316 e. The van der Waals surface area contributed by atoms with Gasteiger partial charge >= 0.3 is 0 Å². The van der Waals surface area contributed by atoms with Gasteiger partial charge in [0.25, 0.3) is 11.1 Å². The largest absolute Gasteiger partial charge is 0.316 e. The highest BCUT2D eigenvalue weighted by Crippen LogP contribution is 2.21. The smallest absolute Gasteiger partial charge is 0.273 e. The third-order valence-electron chi connectivity index (χ3n) is 3.71. The van der Waals surface area contributed by atoms with Crippen LogP contribution in [0.4, 0.5) is 0 Å². The second-order valence-electron chi connectivity index (χ2n) is 6.76. The van der Waals surface area contributed by atoms with Crippen LogP contribution in [-0.2, 0) is 5.41 Å². The zero-order valence-corrected chi connectivity index (χ0v) is 14.3. The van der Waals surface area contributed by atoms with Gasteiger partial charge in [-0.2, -0.15) is 0 Å². The fourth-order valence-corrected chi connectivity index (χ4v) is 2.44. The zero-order chi connectivity index (χ0) is 18.9. The van der Waals surface area contributed by atoms with Crippen molar-refractivity contribution in [2.24, 2.45) is 0 Å². The minimum absolute atomic E-state index is 0.108. The molecule has 0 spiro atoms. The first kappa shape index (κ1) is 15.4. The first-order valence-electron chi connectivity index (χ1n) is 8.41. The van der Waals surface area contributed by atoms with Gasteiger partial charge in [-0.05, 0) is 11.6 Å². The Morgan fingerprint density at radius 3 is 2.40 bits per heavy atom. The molecule has 3 rings (SSSR count). The van der Waals surface area contributed by atoms with Gasteiger partial charge in [0.2, 0.25) is 0 Å². The van der Waals surface area contributed by atoms with Crippen LogP contribution in [0, 0.1) is 0 Å². The number of benzene rings is 1. The van der Waals surface area contributed by atoms with Crippen molar-refractivity contribution in [2.45, 2.75) is 26.2 Å². The fraction of sp³-hybridized carbons (Fsp3) is 0.211. The lowest BCUT2D eigenvalue weighted by molar-refractivity contribution is 0.560. The number of nitrogens with zero attached hydrogens (tertiary/aromatic N) is 2. The number of hydrogen-bond donors (Lipinski definition) is 2. The Balaban J connectivity index is 2.23. The molecule has 0 amide bonds. The summed E-state index contributed by atoms with van der Waals surface area (Å²) in [5, 5.41) is 0.0307. The van der Waals surface area contributed by atoms with Crippen molar-refractivity contribution in [3.8, 4) is 0 Å². The number of aromatic nitrogens is 4. The third-order valence-corrected chi connectivity index (χ3v) is 3.71. The van der Waals surface area contributed by atoms with Gasteiger partial charge in [0.05, 0.1) is 7.70 Å². The Labute approximate surface area is 145 Å². The number of hydrogen-bond acceptors (Lipinski definition) is 3. The van der Waals surface area contributed by atoms with Crippen LogP contribution in [0.1, 0.15) is 33.4 Å². The summed E-state index contributed by atoms with van der Waals surface area (Å²) in [6.45, 7) is 5.95. The predicted molar refractivity (Wildman–Crippen MR) is 97.7 cm³/mol. The highest BCUT2D eigenvalue weighted by atomic mass is 16.1. The first-order valence-corrected chi connectivity index (χ1v) is 7.91. The molecule has 0 unspecified atom stereocenters. The van der Waals surface area contributed by atoms with E-state index in [9.17, 15) is 9.59 Å². The van der Waals surface area contributed by atoms with E-state index in [2.05, 4.69) is 15.0 Å². The molecule has 0 aliphatic carbocycles. The normalized spacial score (nSPS) is 14.4. The highest BCUT2D eigenvalue weighted by molar-refractivity contribution is 5.47. The molecule has 1 aromatic carbocycles. The molecule has 0 bridgehead atoms. The second kappa shape index (κ2) is 6.39. The molecule has 128 valence electrons. The Morgan fingerprint density at radius 1 is 1.08 bits per heavy atom. The van der Waals surface area contributed by atoms with Gasteiger partial charge < -0.3 is 14.5 Å². The number of nitrogens with one attached hydrogen (secondary N) is 2. The van der Waals surface area contributed by atoms with Gasteiger partial charge in [-0.25, -0.2) is 4.98 Å². The quantitative estimate of drug-likeness (QED) is 0.721. The third kappa shape index (κ3) is 3.68. The maximum absolute atomic E-state index is 12.5. The van der Waals surface area contributed by atoms with E-state index in [0.717, 1.165) is 11.3 Å². The van der Waals surface area contributed by atoms with E-state index in [-0.39, 0.29) is 22.3 Å². The molecular weight excluding hydrogens is 316 g/mol. The molecule has 0 atom stereocenters. The molecule has 2 aromatic heterocycles. The lowest BCUT2D eigenvalue weighted by Crippen LogP contribution is -2.47. The van der Waals surface area contributed by atoms with E-state index < -0.39 is 11.1 Å². The van der Waals surface area contributed by atoms with Crippen LogP contribution in [-0.4, -0.2) is 19.5 Å². The molecule has 0 saturated heterocycles. The summed E-state index contributed by atoms with van der Waals surface area (Å²) >= 11 is 0. The molecule has 2 N–H and O–H groups in total. The number of aromatic amines is 2. The van der Waals surface area contributed by atoms with Crippen molar-refractivity contribution in [3.05, 3.63) is 85.5 Å². The highest BCUT2D eigenvalue weighted by Gasteiger charge is 2.17. The predicted octanol–water partition coefficient (Wildman–Crippen LogP) is 0.672. The number of H-pyrrole nitrogens is 2. The number of imidazole rings is 1. The van der Waals surface area contributed by atoms with E-state index in [1.807, 2.05) is 51.1 Å². The standard InChI is InChI=1S/C19H20N4O2/c1-19(2,3)16-10-20-12-23(16)11-15-18(25)21-14(17(24)22-15)9-13-7-5-4-6-8-13/h4-12H,1-3H3,(H,21,25)(H,22,24)/b14-9-,15-11-/i11D. The lowest BCUT2D eigenvalue weighted by atomic mass is 9.93. The van der Waals surface area contributed by atoms with Crippen LogP contribution in [0.2, 0.25) is 0 Å². The van der Waals surface area contributed by atoms with Crippen molar-refractivity contribution in [3.63, 3.8) is 0 Å². The molecule has 0 aliphatic heterocycles. The Hall–Kier alpha value is -3.15. The van der Waals surface area contributed by atoms with E-state index in [1.54, 1.807) is 12.3 Å². The van der Waals surface area contributed by atoms with Gasteiger partial charge in [-0.15, -0.1) is 0 Å². The molecule has 6 nitrogen and oxygen atoms in total. The summed E-state index contributed by atoms with van der Waals surface area (Å²) in [5.74, 6) is 0. The van der Waals surface area contributed by atoms with E-state index >= 15 is 0 Å². The summed E-state index contributed by atoms with van der Waals surface area (Å²) in [5.41, 5.74) is 0.288. The van der Waals surface area contributed by atoms with Crippen molar-refractivity contribution >= 4 is 12.3 Å². The molecule has 0 saturated carbocycles. The van der Waals surface area contributed by atoms with Gasteiger partial charge in [-0.1, -0.05) is 51.1 Å². The fourth-order valence-electron chi connectivity index (χ4n) is 2.44. The molecule has 2 heterocycles. The van der Waals surface area contributed by atoms with Gasteiger partial charge in [-0.3, -0.25) is 9.59 Å². The minimum atomic E-state index is -0.537. The molecule has 0 radical (unpaired) electrons. The van der Waals surface area contributed by atoms with Crippen LogP contribution in [0.3, 0.4) is 0 Å². The van der Waals surface area contributed by atoms with Crippen LogP contribution in [0.15, 0.2) is 52.4 Å². The van der Waals surface area contributed by atoms with Gasteiger partial charge in [0.15, 0.2) is 0 Å². The Kier molecular flexibility index (Phi) is 3.93. The van der Waals surface area contributed by atoms with E-state index in [4.69, 9.17) is 1.37 Å². The second-order valence-corrected chi connectivity index (χ2v) is 6.76. The van der Waals surface area contributed by atoms with Crippen molar-refractivity contribution in [1.82, 2.24) is 19.5 Å². The van der Waals surface area contributed by atoms with E-state index in [1.165, 1.54) is 10.9 Å². The van der Waals surface area contributed by atoms with Crippen LogP contribution >= 0.6 is 0 Å². The molecule has 0 aliphatic rings. The first-order chi connectivity index (χ1) is 12.3. The van der Waals surface area contributed by atoms with Crippen molar-refractivity contribution in [2.75, 3.05) is 0 Å². The average Bonchev–Trinajstić information content (AvgIpc) is 3.08. The molecule has 6 heteroatoms. The van der Waals surface area contributed by atoms with Crippen molar-refractivity contribution < 1.29 is 1.37 Å². The summed E-state index contributed by atoms with van der Waals surface area (Å²) in [4.78, 5) is 34.0. The van der Waals surface area contributed by atoms with Crippen LogP contribution in [0.5, 0.6) is 0 Å². The zero-order valence-electron chi connectivity index (χ0n) is 15.3. The Bertz CT molecular complexity index is 1160. The summed E-state index contributed by atoms with van der Waals surface area (Å²) < 4.78 is 9.86. The van der Waals surface area contributed by atoms with Crippen LogP contribution < -0.4 is 21.8 Å². The maximum Gasteiger partial charge on any atom is 0.273 e. The lowest BCUT2D eigenvalue weighted by Gasteiger charge is -2.18. The molecular formula is C19H20N4O2. The topological polar surface area (TPSA) is 83.5 Å². The van der Waals surface area contributed by atoms with E-state index in [0.29, 0.717) is 0 Å². The monoisotopic (exact) mass is 337 g/mol. The van der Waals surface area contributed by atoms with Gasteiger partial charge in [0, 0.05) is 23.5 Å². The molecule has 0 fully saturated rings. The maximum atomic E-state index is 12.5.